The van der Waals surface area contributed by atoms with Gasteiger partial charge >= 0.3 is 0 Å². The fourth-order valence-corrected chi connectivity index (χ4v) is 5.36. The smallest absolute Gasteiger partial charge is 0.165 e. The first-order valence-electron chi connectivity index (χ1n) is 15.6. The van der Waals surface area contributed by atoms with Gasteiger partial charge in [-0.25, -0.2) is 29.9 Å². The molecule has 0 amide bonds. The molecule has 0 atom stereocenters. The van der Waals surface area contributed by atoms with Gasteiger partial charge in [0.25, 0.3) is 0 Å². The molecule has 3 aromatic heterocycles. The summed E-state index contributed by atoms with van der Waals surface area (Å²) in [6, 6.07) is 51.9. The van der Waals surface area contributed by atoms with Crippen LogP contribution in [0, 0.1) is 0 Å². The third-order valence-corrected chi connectivity index (χ3v) is 7.86. The molecule has 0 aliphatic carbocycles. The van der Waals surface area contributed by atoms with Crippen molar-refractivity contribution in [3.8, 4) is 79.6 Å². The Kier molecular flexibility index (Phi) is 7.74. The van der Waals surface area contributed by atoms with Gasteiger partial charge in [0, 0.05) is 45.1 Å². The highest BCUT2D eigenvalue weighted by molar-refractivity contribution is 5.71. The van der Waals surface area contributed by atoms with E-state index in [9.17, 15) is 0 Å². The molecule has 226 valence electrons. The molecule has 48 heavy (non-hydrogen) atoms. The monoisotopic (exact) mass is 617 g/mol. The Hall–Kier alpha value is -6.73. The predicted octanol–water partition coefficient (Wildman–Crippen LogP) is 9.12. The molecule has 7 nitrogen and oxygen atoms in total. The molecule has 8 rings (SSSR count). The topological polar surface area (TPSA) is 90.2 Å². The van der Waals surface area contributed by atoms with Crippen LogP contribution in [0.4, 0.5) is 0 Å². The number of nitrogens with zero attached hydrogens (tertiary/aromatic N) is 7. The van der Waals surface area contributed by atoms with Crippen molar-refractivity contribution in [2.24, 2.45) is 0 Å². The Morgan fingerprint density at radius 1 is 0.229 bits per heavy atom. The maximum atomic E-state index is 4.85. The Morgan fingerprint density at radius 3 is 0.812 bits per heavy atom. The molecule has 0 unspecified atom stereocenters. The van der Waals surface area contributed by atoms with Crippen molar-refractivity contribution in [2.75, 3.05) is 0 Å². The van der Waals surface area contributed by atoms with Crippen molar-refractivity contribution >= 4 is 0 Å². The van der Waals surface area contributed by atoms with Gasteiger partial charge < -0.3 is 0 Å². The van der Waals surface area contributed by atoms with Crippen LogP contribution in [0.15, 0.2) is 164 Å². The summed E-state index contributed by atoms with van der Waals surface area (Å²) in [6.45, 7) is 0. The fourth-order valence-electron chi connectivity index (χ4n) is 5.36. The zero-order chi connectivity index (χ0) is 32.1. The Bertz CT molecular complexity index is 2010. The summed E-state index contributed by atoms with van der Waals surface area (Å²) in [5.41, 5.74) is 7.21. The van der Waals surface area contributed by atoms with Gasteiger partial charge in [0.05, 0.1) is 5.69 Å². The van der Waals surface area contributed by atoms with Crippen molar-refractivity contribution in [3.05, 3.63) is 164 Å². The molecule has 7 heteroatoms. The summed E-state index contributed by atoms with van der Waals surface area (Å²) in [6.07, 6.45) is 1.81. The standard InChI is InChI=1S/C41H27N7/c1-5-13-29(14-6-1)36-43-37(30-15-7-2-8-16-30)46-40(45-36)33-23-21-28(22-24-33)35-26-25-34(27-42-35)41-47-38(31-17-9-3-10-18-31)44-39(48-41)32-19-11-4-12-20-32/h1-27H. The van der Waals surface area contributed by atoms with Gasteiger partial charge in [-0.2, -0.15) is 0 Å². The molecule has 0 saturated heterocycles. The van der Waals surface area contributed by atoms with E-state index in [0.717, 1.165) is 44.6 Å². The molecule has 0 aliphatic rings. The summed E-state index contributed by atoms with van der Waals surface area (Å²) in [4.78, 5) is 33.7. The van der Waals surface area contributed by atoms with Crippen LogP contribution in [0.2, 0.25) is 0 Å². The summed E-state index contributed by atoms with van der Waals surface area (Å²) >= 11 is 0. The molecule has 0 N–H and O–H groups in total. The van der Waals surface area contributed by atoms with E-state index in [4.69, 9.17) is 34.9 Å². The predicted molar refractivity (Wildman–Crippen MR) is 189 cm³/mol. The number of hydrogen-bond acceptors (Lipinski definition) is 7. The van der Waals surface area contributed by atoms with Crippen molar-refractivity contribution in [1.82, 2.24) is 34.9 Å². The molecule has 0 radical (unpaired) electrons. The minimum Gasteiger partial charge on any atom is -0.255 e. The van der Waals surface area contributed by atoms with Crippen LogP contribution < -0.4 is 0 Å². The van der Waals surface area contributed by atoms with E-state index in [1.54, 1.807) is 0 Å². The van der Waals surface area contributed by atoms with Crippen LogP contribution >= 0.6 is 0 Å². The van der Waals surface area contributed by atoms with Gasteiger partial charge in [0.15, 0.2) is 34.9 Å². The normalized spacial score (nSPS) is 10.9. The number of hydrogen-bond donors (Lipinski definition) is 0. The maximum absolute atomic E-state index is 4.85. The lowest BCUT2D eigenvalue weighted by Gasteiger charge is -2.10. The molecule has 0 fully saturated rings. The molecule has 8 aromatic rings. The summed E-state index contributed by atoms with van der Waals surface area (Å²) < 4.78 is 0. The Morgan fingerprint density at radius 2 is 0.500 bits per heavy atom. The molecular weight excluding hydrogens is 591 g/mol. The van der Waals surface area contributed by atoms with E-state index in [-0.39, 0.29) is 0 Å². The van der Waals surface area contributed by atoms with Crippen LogP contribution in [-0.4, -0.2) is 34.9 Å². The third kappa shape index (κ3) is 6.08. The van der Waals surface area contributed by atoms with Gasteiger partial charge in [-0.05, 0) is 12.1 Å². The third-order valence-electron chi connectivity index (χ3n) is 7.86. The van der Waals surface area contributed by atoms with E-state index in [1.165, 1.54) is 0 Å². The lowest BCUT2D eigenvalue weighted by Crippen LogP contribution is -2.00. The SMILES string of the molecule is c1ccc(-c2nc(-c3ccccc3)nc(-c3ccc(-c4ccc(-c5nc(-c6ccccc6)nc(-c6ccccc6)n5)cn4)cc3)n2)cc1. The zero-order valence-corrected chi connectivity index (χ0v) is 25.7. The molecule has 3 heterocycles. The average Bonchev–Trinajstić information content (AvgIpc) is 3.19. The van der Waals surface area contributed by atoms with E-state index in [1.807, 2.05) is 164 Å². The molecule has 0 aliphatic heterocycles. The van der Waals surface area contributed by atoms with Crippen LogP contribution in [0.5, 0.6) is 0 Å². The van der Waals surface area contributed by atoms with Gasteiger partial charge in [-0.1, -0.05) is 146 Å². The van der Waals surface area contributed by atoms with E-state index in [0.29, 0.717) is 34.9 Å². The van der Waals surface area contributed by atoms with Gasteiger partial charge in [-0.3, -0.25) is 4.98 Å². The largest absolute Gasteiger partial charge is 0.255 e. The summed E-state index contributed by atoms with van der Waals surface area (Å²) in [5, 5.41) is 0. The highest BCUT2D eigenvalue weighted by atomic mass is 15.0. The summed E-state index contributed by atoms with van der Waals surface area (Å²) in [7, 11) is 0. The van der Waals surface area contributed by atoms with Crippen molar-refractivity contribution in [3.63, 3.8) is 0 Å². The zero-order valence-electron chi connectivity index (χ0n) is 25.7. The minimum atomic E-state index is 0.565. The quantitative estimate of drug-likeness (QED) is 0.176. The first kappa shape index (κ1) is 28.7. The van der Waals surface area contributed by atoms with E-state index >= 15 is 0 Å². The van der Waals surface area contributed by atoms with Crippen LogP contribution in [0.3, 0.4) is 0 Å². The first-order chi connectivity index (χ1) is 23.8. The number of aromatic nitrogens is 7. The highest BCUT2D eigenvalue weighted by Crippen LogP contribution is 2.28. The van der Waals surface area contributed by atoms with Crippen molar-refractivity contribution < 1.29 is 0 Å². The second kappa shape index (κ2) is 12.9. The average molecular weight is 618 g/mol. The van der Waals surface area contributed by atoms with E-state index < -0.39 is 0 Å². The molecule has 5 aromatic carbocycles. The minimum absolute atomic E-state index is 0.565. The van der Waals surface area contributed by atoms with Crippen LogP contribution in [0.25, 0.3) is 79.6 Å². The van der Waals surface area contributed by atoms with Gasteiger partial charge in [0.2, 0.25) is 0 Å². The molecule has 0 spiro atoms. The van der Waals surface area contributed by atoms with Gasteiger partial charge in [-0.15, -0.1) is 0 Å². The van der Waals surface area contributed by atoms with Crippen molar-refractivity contribution in [1.29, 1.82) is 0 Å². The van der Waals surface area contributed by atoms with Crippen molar-refractivity contribution in [2.45, 2.75) is 0 Å². The number of benzene rings is 5. The fraction of sp³-hybridized carbons (Fsp3) is 0. The molecule has 0 bridgehead atoms. The van der Waals surface area contributed by atoms with Gasteiger partial charge in [0.1, 0.15) is 0 Å². The molecular formula is C41H27N7. The maximum Gasteiger partial charge on any atom is 0.165 e. The van der Waals surface area contributed by atoms with Crippen LogP contribution in [-0.2, 0) is 0 Å². The second-order valence-electron chi connectivity index (χ2n) is 11.1. The Labute approximate surface area is 277 Å². The number of pyridine rings is 1. The second-order valence-corrected chi connectivity index (χ2v) is 11.1. The summed E-state index contributed by atoms with van der Waals surface area (Å²) in [5.74, 6) is 3.66. The first-order valence-corrected chi connectivity index (χ1v) is 15.6. The lowest BCUT2D eigenvalue weighted by atomic mass is 10.1. The van der Waals surface area contributed by atoms with E-state index in [2.05, 4.69) is 0 Å². The van der Waals surface area contributed by atoms with Crippen LogP contribution in [0.1, 0.15) is 0 Å². The number of rotatable bonds is 7. The highest BCUT2D eigenvalue weighted by Gasteiger charge is 2.14. The Balaban J connectivity index is 1.11. The molecule has 0 saturated carbocycles. The lowest BCUT2D eigenvalue weighted by molar-refractivity contribution is 1.07.